The monoisotopic (exact) mass is 224 g/mol. The van der Waals surface area contributed by atoms with E-state index in [1.54, 1.807) is 5.32 Å². The van der Waals surface area contributed by atoms with Crippen molar-refractivity contribution >= 4 is 6.03 Å². The molecule has 0 radical (unpaired) electrons. The number of carbonyl (C=O) groups excluding carboxylic acids is 1. The second-order valence-electron chi connectivity index (χ2n) is 3.83. The Hall–Kier alpha value is -0.940. The van der Waals surface area contributed by atoms with E-state index in [9.17, 15) is 18.0 Å². The van der Waals surface area contributed by atoms with Gasteiger partial charge in [-0.05, 0) is 18.8 Å². The summed E-state index contributed by atoms with van der Waals surface area (Å²) < 4.78 is 35.1. The molecule has 0 aromatic carbocycles. The van der Waals surface area contributed by atoms with E-state index in [4.69, 9.17) is 0 Å². The number of halogens is 3. The molecule has 0 saturated heterocycles. The number of hydrogen-bond donors (Lipinski definition) is 2. The van der Waals surface area contributed by atoms with Crippen LogP contribution in [-0.4, -0.2) is 25.3 Å². The minimum Gasteiger partial charge on any atom is -0.338 e. The number of rotatable bonds is 3. The average molecular weight is 224 g/mol. The molecular formula is C9H15F3N2O. The van der Waals surface area contributed by atoms with E-state index in [-0.39, 0.29) is 0 Å². The van der Waals surface area contributed by atoms with E-state index in [1.807, 2.05) is 0 Å². The number of nitrogens with one attached hydrogen (secondary N) is 2. The maximum atomic E-state index is 11.7. The molecule has 1 aliphatic carbocycles. The lowest BCUT2D eigenvalue weighted by atomic mass is 10.1. The first-order valence-electron chi connectivity index (χ1n) is 5.06. The van der Waals surface area contributed by atoms with E-state index < -0.39 is 18.8 Å². The molecule has 0 bridgehead atoms. The Kier molecular flexibility index (Phi) is 4.23. The van der Waals surface area contributed by atoms with Crippen LogP contribution in [0.25, 0.3) is 0 Å². The number of urea groups is 1. The number of alkyl halides is 3. The van der Waals surface area contributed by atoms with Crippen molar-refractivity contribution in [1.82, 2.24) is 10.6 Å². The zero-order valence-corrected chi connectivity index (χ0v) is 8.36. The molecule has 1 rings (SSSR count). The Morgan fingerprint density at radius 1 is 1.20 bits per heavy atom. The van der Waals surface area contributed by atoms with E-state index in [0.717, 1.165) is 25.7 Å². The van der Waals surface area contributed by atoms with Crippen LogP contribution in [0.4, 0.5) is 18.0 Å². The van der Waals surface area contributed by atoms with Crippen molar-refractivity contribution in [2.75, 3.05) is 13.1 Å². The molecule has 0 aliphatic heterocycles. The van der Waals surface area contributed by atoms with Crippen LogP contribution >= 0.6 is 0 Å². The molecule has 3 nitrogen and oxygen atoms in total. The Balaban J connectivity index is 2.08. The summed E-state index contributed by atoms with van der Waals surface area (Å²) in [6.45, 7) is -0.798. The van der Waals surface area contributed by atoms with Crippen molar-refractivity contribution in [3.05, 3.63) is 0 Å². The molecule has 0 atom stereocenters. The van der Waals surface area contributed by atoms with Gasteiger partial charge >= 0.3 is 12.2 Å². The van der Waals surface area contributed by atoms with Crippen LogP contribution in [0, 0.1) is 5.92 Å². The normalized spacial score (nSPS) is 17.8. The quantitative estimate of drug-likeness (QED) is 0.756. The van der Waals surface area contributed by atoms with Gasteiger partial charge in [0.05, 0.1) is 0 Å². The van der Waals surface area contributed by atoms with Gasteiger partial charge in [0.25, 0.3) is 0 Å². The highest BCUT2D eigenvalue weighted by Crippen LogP contribution is 2.23. The lowest BCUT2D eigenvalue weighted by Crippen LogP contribution is -2.42. The summed E-state index contributed by atoms with van der Waals surface area (Å²) in [6, 6.07) is -0.737. The summed E-state index contributed by atoms with van der Waals surface area (Å²) in [5.41, 5.74) is 0. The van der Waals surface area contributed by atoms with E-state index in [2.05, 4.69) is 5.32 Å². The SMILES string of the molecule is O=C(NCC1CCCC1)NCC(F)(F)F. The van der Waals surface area contributed by atoms with Gasteiger partial charge in [0.15, 0.2) is 0 Å². The average Bonchev–Trinajstić information content (AvgIpc) is 2.62. The molecule has 6 heteroatoms. The van der Waals surface area contributed by atoms with Gasteiger partial charge in [0, 0.05) is 6.54 Å². The lowest BCUT2D eigenvalue weighted by molar-refractivity contribution is -0.122. The highest BCUT2D eigenvalue weighted by atomic mass is 19.4. The smallest absolute Gasteiger partial charge is 0.338 e. The van der Waals surface area contributed by atoms with Crippen LogP contribution in [0.15, 0.2) is 0 Å². The molecule has 0 aromatic rings. The Labute approximate surface area is 86.4 Å². The highest BCUT2D eigenvalue weighted by Gasteiger charge is 2.27. The van der Waals surface area contributed by atoms with Crippen molar-refractivity contribution in [3.8, 4) is 0 Å². The minimum atomic E-state index is -4.34. The summed E-state index contributed by atoms with van der Waals surface area (Å²) in [5, 5.41) is 4.22. The maximum absolute atomic E-state index is 11.7. The fraction of sp³-hybridized carbons (Fsp3) is 0.889. The first-order chi connectivity index (χ1) is 6.97. The zero-order chi connectivity index (χ0) is 11.3. The second-order valence-corrected chi connectivity index (χ2v) is 3.83. The Morgan fingerprint density at radius 2 is 1.80 bits per heavy atom. The van der Waals surface area contributed by atoms with Gasteiger partial charge in [0.1, 0.15) is 6.54 Å². The van der Waals surface area contributed by atoms with Crippen LogP contribution in [0.5, 0.6) is 0 Å². The first kappa shape index (κ1) is 12.1. The van der Waals surface area contributed by atoms with Gasteiger partial charge < -0.3 is 10.6 Å². The number of amides is 2. The van der Waals surface area contributed by atoms with Crippen molar-refractivity contribution < 1.29 is 18.0 Å². The Bertz CT molecular complexity index is 212. The van der Waals surface area contributed by atoms with Crippen LogP contribution < -0.4 is 10.6 Å². The van der Waals surface area contributed by atoms with Crippen molar-refractivity contribution in [2.24, 2.45) is 5.92 Å². The molecule has 15 heavy (non-hydrogen) atoms. The fourth-order valence-corrected chi connectivity index (χ4v) is 1.69. The molecule has 1 aliphatic rings. The van der Waals surface area contributed by atoms with Gasteiger partial charge in [-0.2, -0.15) is 13.2 Å². The van der Waals surface area contributed by atoms with Crippen molar-refractivity contribution in [2.45, 2.75) is 31.9 Å². The predicted molar refractivity (Wildman–Crippen MR) is 49.4 cm³/mol. The third-order valence-electron chi connectivity index (χ3n) is 2.48. The molecule has 0 spiro atoms. The standard InChI is InChI=1S/C9H15F3N2O/c10-9(11,12)6-14-8(15)13-5-7-3-1-2-4-7/h7H,1-6H2,(H2,13,14,15). The number of carbonyl (C=O) groups is 1. The third kappa shape index (κ3) is 5.49. The van der Waals surface area contributed by atoms with Crippen LogP contribution in [0.3, 0.4) is 0 Å². The first-order valence-corrected chi connectivity index (χ1v) is 5.06. The molecule has 1 fully saturated rings. The molecule has 2 amide bonds. The Morgan fingerprint density at radius 3 is 2.33 bits per heavy atom. The van der Waals surface area contributed by atoms with Crippen LogP contribution in [0.1, 0.15) is 25.7 Å². The van der Waals surface area contributed by atoms with Crippen molar-refractivity contribution in [1.29, 1.82) is 0 Å². The highest BCUT2D eigenvalue weighted by molar-refractivity contribution is 5.73. The maximum Gasteiger partial charge on any atom is 0.405 e. The van der Waals surface area contributed by atoms with Crippen LogP contribution in [0.2, 0.25) is 0 Å². The predicted octanol–water partition coefficient (Wildman–Crippen LogP) is 2.04. The van der Waals surface area contributed by atoms with Gasteiger partial charge in [-0.1, -0.05) is 12.8 Å². The molecule has 1 saturated carbocycles. The van der Waals surface area contributed by atoms with E-state index >= 15 is 0 Å². The topological polar surface area (TPSA) is 41.1 Å². The largest absolute Gasteiger partial charge is 0.405 e. The van der Waals surface area contributed by atoms with Gasteiger partial charge in [0.2, 0.25) is 0 Å². The minimum absolute atomic E-state index is 0.432. The third-order valence-corrected chi connectivity index (χ3v) is 2.48. The lowest BCUT2D eigenvalue weighted by Gasteiger charge is -2.12. The van der Waals surface area contributed by atoms with E-state index in [1.165, 1.54) is 0 Å². The zero-order valence-electron chi connectivity index (χ0n) is 8.36. The van der Waals surface area contributed by atoms with Gasteiger partial charge in [-0.25, -0.2) is 4.79 Å². The second kappa shape index (κ2) is 5.23. The fourth-order valence-electron chi connectivity index (χ4n) is 1.69. The molecule has 0 heterocycles. The summed E-state index contributed by atoms with van der Waals surface area (Å²) in [7, 11) is 0. The van der Waals surface area contributed by atoms with E-state index in [0.29, 0.717) is 12.5 Å². The summed E-state index contributed by atoms with van der Waals surface area (Å²) in [5.74, 6) is 0.432. The van der Waals surface area contributed by atoms with Gasteiger partial charge in [-0.3, -0.25) is 0 Å². The summed E-state index contributed by atoms with van der Waals surface area (Å²) >= 11 is 0. The van der Waals surface area contributed by atoms with Gasteiger partial charge in [-0.15, -0.1) is 0 Å². The molecule has 2 N–H and O–H groups in total. The molecular weight excluding hydrogens is 209 g/mol. The molecule has 0 aromatic heterocycles. The van der Waals surface area contributed by atoms with Crippen molar-refractivity contribution in [3.63, 3.8) is 0 Å². The molecule has 88 valence electrons. The number of hydrogen-bond acceptors (Lipinski definition) is 1. The van der Waals surface area contributed by atoms with Crippen LogP contribution in [-0.2, 0) is 0 Å². The summed E-state index contributed by atoms with van der Waals surface area (Å²) in [4.78, 5) is 10.9. The summed E-state index contributed by atoms with van der Waals surface area (Å²) in [6.07, 6.45) is 0.0663. The molecule has 0 unspecified atom stereocenters.